The number of likely N-dealkylation sites (N-methyl/N-ethyl adjacent to an activating group) is 1. The Balaban J connectivity index is 2.00. The molecular formula is C19H26N2O4. The highest BCUT2D eigenvalue weighted by Gasteiger charge is 2.46. The number of carboxylic acid groups (broad SMARTS) is 1. The fourth-order valence-electron chi connectivity index (χ4n) is 3.21. The number of nitrogens with zero attached hydrogens (tertiary/aromatic N) is 1. The zero-order chi connectivity index (χ0) is 18.6. The minimum atomic E-state index is -0.937. The van der Waals surface area contributed by atoms with E-state index >= 15 is 0 Å². The first-order valence-electron chi connectivity index (χ1n) is 8.66. The third-order valence-electron chi connectivity index (χ3n) is 5.07. The normalized spacial score (nSPS) is 15.2. The van der Waals surface area contributed by atoms with Crippen LogP contribution in [0, 0.1) is 19.3 Å². The zero-order valence-electron chi connectivity index (χ0n) is 15.1. The summed E-state index contributed by atoms with van der Waals surface area (Å²) >= 11 is 0. The molecule has 1 aromatic carbocycles. The first kappa shape index (κ1) is 19.0. The van der Waals surface area contributed by atoms with Crippen molar-refractivity contribution < 1.29 is 19.5 Å². The number of rotatable bonds is 7. The molecule has 1 aliphatic carbocycles. The SMILES string of the molecule is CCN(CC(=O)Nc1c(C)cccc1C)C(=O)CC1(C(=O)O)CCC1. The highest BCUT2D eigenvalue weighted by Crippen LogP contribution is 2.44. The highest BCUT2D eigenvalue weighted by molar-refractivity contribution is 5.96. The molecule has 25 heavy (non-hydrogen) atoms. The third kappa shape index (κ3) is 4.18. The summed E-state index contributed by atoms with van der Waals surface area (Å²) in [5.41, 5.74) is 1.74. The third-order valence-corrected chi connectivity index (χ3v) is 5.07. The van der Waals surface area contributed by atoms with Crippen LogP contribution in [-0.4, -0.2) is 40.9 Å². The Labute approximate surface area is 148 Å². The summed E-state index contributed by atoms with van der Waals surface area (Å²) in [6.45, 7) is 5.92. The first-order valence-corrected chi connectivity index (χ1v) is 8.66. The Kier molecular flexibility index (Phi) is 5.82. The van der Waals surface area contributed by atoms with Crippen LogP contribution in [0.25, 0.3) is 0 Å². The lowest BCUT2D eigenvalue weighted by molar-refractivity contribution is -0.159. The molecule has 2 rings (SSSR count). The van der Waals surface area contributed by atoms with Gasteiger partial charge in [-0.1, -0.05) is 24.6 Å². The molecule has 136 valence electrons. The molecule has 2 amide bonds. The van der Waals surface area contributed by atoms with E-state index in [9.17, 15) is 19.5 Å². The van der Waals surface area contributed by atoms with Crippen molar-refractivity contribution in [3.05, 3.63) is 29.3 Å². The summed E-state index contributed by atoms with van der Waals surface area (Å²) in [7, 11) is 0. The average molecular weight is 346 g/mol. The van der Waals surface area contributed by atoms with Gasteiger partial charge in [-0.2, -0.15) is 0 Å². The van der Waals surface area contributed by atoms with Crippen LogP contribution in [0.4, 0.5) is 5.69 Å². The molecule has 1 fully saturated rings. The van der Waals surface area contributed by atoms with Gasteiger partial charge in [0.1, 0.15) is 0 Å². The Hall–Kier alpha value is -2.37. The number of benzene rings is 1. The lowest BCUT2D eigenvalue weighted by Gasteiger charge is -2.38. The van der Waals surface area contributed by atoms with E-state index in [2.05, 4.69) is 5.32 Å². The monoisotopic (exact) mass is 346 g/mol. The van der Waals surface area contributed by atoms with Crippen LogP contribution in [0.2, 0.25) is 0 Å². The van der Waals surface area contributed by atoms with Crippen molar-refractivity contribution in [3.63, 3.8) is 0 Å². The molecule has 0 heterocycles. The van der Waals surface area contributed by atoms with Crippen molar-refractivity contribution in [2.75, 3.05) is 18.4 Å². The van der Waals surface area contributed by atoms with Gasteiger partial charge < -0.3 is 15.3 Å². The minimum absolute atomic E-state index is 0.0349. The van der Waals surface area contributed by atoms with Gasteiger partial charge in [0.2, 0.25) is 11.8 Å². The number of carbonyl (C=O) groups is 3. The molecule has 6 nitrogen and oxygen atoms in total. The summed E-state index contributed by atoms with van der Waals surface area (Å²) in [5.74, 6) is -1.46. The van der Waals surface area contributed by atoms with Crippen molar-refractivity contribution in [1.82, 2.24) is 4.90 Å². The smallest absolute Gasteiger partial charge is 0.310 e. The second-order valence-corrected chi connectivity index (χ2v) is 6.84. The van der Waals surface area contributed by atoms with Crippen molar-refractivity contribution in [2.24, 2.45) is 5.41 Å². The molecule has 1 aliphatic rings. The van der Waals surface area contributed by atoms with Crippen LogP contribution in [0.3, 0.4) is 0 Å². The van der Waals surface area contributed by atoms with Crippen molar-refractivity contribution in [2.45, 2.75) is 46.5 Å². The molecule has 0 aromatic heterocycles. The summed E-state index contributed by atoms with van der Waals surface area (Å²) in [5, 5.41) is 12.2. The average Bonchev–Trinajstić information content (AvgIpc) is 2.51. The van der Waals surface area contributed by atoms with E-state index in [0.29, 0.717) is 19.4 Å². The molecule has 6 heteroatoms. The number of anilines is 1. The highest BCUT2D eigenvalue weighted by atomic mass is 16.4. The molecule has 0 saturated heterocycles. The van der Waals surface area contributed by atoms with Gasteiger partial charge in [-0.05, 0) is 44.7 Å². The summed E-state index contributed by atoms with van der Waals surface area (Å²) < 4.78 is 0. The molecule has 1 saturated carbocycles. The number of nitrogens with one attached hydrogen (secondary N) is 1. The second kappa shape index (κ2) is 7.68. The molecular weight excluding hydrogens is 320 g/mol. The molecule has 0 radical (unpaired) electrons. The van der Waals surface area contributed by atoms with E-state index in [0.717, 1.165) is 23.2 Å². The molecule has 2 N–H and O–H groups in total. The fourth-order valence-corrected chi connectivity index (χ4v) is 3.21. The van der Waals surface area contributed by atoms with Crippen LogP contribution in [0.1, 0.15) is 43.7 Å². The van der Waals surface area contributed by atoms with E-state index < -0.39 is 11.4 Å². The van der Waals surface area contributed by atoms with Gasteiger partial charge in [-0.3, -0.25) is 14.4 Å². The molecule has 0 bridgehead atoms. The maximum Gasteiger partial charge on any atom is 0.310 e. The van der Waals surface area contributed by atoms with E-state index in [1.165, 1.54) is 4.90 Å². The van der Waals surface area contributed by atoms with E-state index in [-0.39, 0.29) is 24.8 Å². The topological polar surface area (TPSA) is 86.7 Å². The Bertz CT molecular complexity index is 660. The van der Waals surface area contributed by atoms with E-state index in [1.54, 1.807) is 6.92 Å². The van der Waals surface area contributed by atoms with Crippen LogP contribution in [0.5, 0.6) is 0 Å². The Morgan fingerprint density at radius 2 is 1.80 bits per heavy atom. The van der Waals surface area contributed by atoms with Gasteiger partial charge in [-0.25, -0.2) is 0 Å². The Morgan fingerprint density at radius 1 is 1.20 bits per heavy atom. The number of para-hydroxylation sites is 1. The second-order valence-electron chi connectivity index (χ2n) is 6.84. The lowest BCUT2D eigenvalue weighted by Crippen LogP contribution is -2.45. The minimum Gasteiger partial charge on any atom is -0.481 e. The number of amides is 2. The summed E-state index contributed by atoms with van der Waals surface area (Å²) in [6.07, 6.45) is 1.85. The van der Waals surface area contributed by atoms with Crippen LogP contribution >= 0.6 is 0 Å². The van der Waals surface area contributed by atoms with Crippen LogP contribution < -0.4 is 5.32 Å². The predicted molar refractivity (Wildman–Crippen MR) is 95.3 cm³/mol. The maximum absolute atomic E-state index is 12.5. The molecule has 0 atom stereocenters. The van der Waals surface area contributed by atoms with Gasteiger partial charge in [0.15, 0.2) is 0 Å². The molecule has 0 spiro atoms. The van der Waals surface area contributed by atoms with Gasteiger partial charge in [0.25, 0.3) is 0 Å². The van der Waals surface area contributed by atoms with E-state index in [4.69, 9.17) is 0 Å². The lowest BCUT2D eigenvalue weighted by atomic mass is 9.66. The van der Waals surface area contributed by atoms with Gasteiger partial charge >= 0.3 is 5.97 Å². The van der Waals surface area contributed by atoms with Crippen molar-refractivity contribution in [1.29, 1.82) is 0 Å². The number of hydrogen-bond acceptors (Lipinski definition) is 3. The largest absolute Gasteiger partial charge is 0.481 e. The number of carboxylic acids is 1. The van der Waals surface area contributed by atoms with Crippen LogP contribution in [0.15, 0.2) is 18.2 Å². The summed E-state index contributed by atoms with van der Waals surface area (Å²) in [6, 6.07) is 5.75. The maximum atomic E-state index is 12.5. The number of aliphatic carboxylic acids is 1. The quantitative estimate of drug-likeness (QED) is 0.795. The molecule has 0 unspecified atom stereocenters. The molecule has 1 aromatic rings. The standard InChI is InChI=1S/C19H26N2O4/c1-4-21(16(23)11-19(18(24)25)9-6-10-19)12-15(22)20-17-13(2)7-5-8-14(17)3/h5,7-8H,4,6,9-12H2,1-3H3,(H,20,22)(H,24,25). The van der Waals surface area contributed by atoms with Gasteiger partial charge in [-0.15, -0.1) is 0 Å². The van der Waals surface area contributed by atoms with Crippen molar-refractivity contribution in [3.8, 4) is 0 Å². The van der Waals surface area contributed by atoms with Gasteiger partial charge in [0.05, 0.1) is 12.0 Å². The Morgan fingerprint density at radius 3 is 2.24 bits per heavy atom. The fraction of sp³-hybridized carbons (Fsp3) is 0.526. The number of carbonyl (C=O) groups excluding carboxylic acids is 2. The predicted octanol–water partition coefficient (Wildman–Crippen LogP) is 2.74. The van der Waals surface area contributed by atoms with Crippen molar-refractivity contribution >= 4 is 23.5 Å². The first-order chi connectivity index (χ1) is 11.8. The van der Waals surface area contributed by atoms with Gasteiger partial charge in [0, 0.05) is 18.7 Å². The van der Waals surface area contributed by atoms with Crippen LogP contribution in [-0.2, 0) is 14.4 Å². The molecule has 0 aliphatic heterocycles. The zero-order valence-corrected chi connectivity index (χ0v) is 15.1. The van der Waals surface area contributed by atoms with E-state index in [1.807, 2.05) is 32.0 Å². The number of hydrogen-bond donors (Lipinski definition) is 2. The number of aryl methyl sites for hydroxylation is 2. The summed E-state index contributed by atoms with van der Waals surface area (Å²) in [4.78, 5) is 37.7.